The summed E-state index contributed by atoms with van der Waals surface area (Å²) in [4.78, 5) is 7.30. The van der Waals surface area contributed by atoms with Crippen molar-refractivity contribution in [3.8, 4) is 17.0 Å². The molecule has 32 heavy (non-hydrogen) atoms. The molecule has 2 heterocycles. The summed E-state index contributed by atoms with van der Waals surface area (Å²) in [7, 11) is 0. The molecule has 3 aromatic rings. The van der Waals surface area contributed by atoms with Crippen molar-refractivity contribution in [1.29, 1.82) is 0 Å². The molecular formula is C25H38Cl3N3O. The first-order chi connectivity index (χ1) is 14.2. The molecule has 0 fully saturated rings. The SMILES string of the molecule is CCCCN(CCCC)CCCOc1ccc(-c2cn3cc(C)ccc3n2)cc1.Cl.Cl.Cl. The average molecular weight is 503 g/mol. The minimum atomic E-state index is 0. The van der Waals surface area contributed by atoms with Crippen LogP contribution in [0.15, 0.2) is 48.8 Å². The molecule has 0 unspecified atom stereocenters. The van der Waals surface area contributed by atoms with E-state index in [9.17, 15) is 0 Å². The van der Waals surface area contributed by atoms with Crippen molar-refractivity contribution < 1.29 is 4.74 Å². The minimum Gasteiger partial charge on any atom is -0.494 e. The predicted molar refractivity (Wildman–Crippen MR) is 143 cm³/mol. The molecule has 1 aromatic carbocycles. The number of rotatable bonds is 12. The molecule has 0 amide bonds. The van der Waals surface area contributed by atoms with Gasteiger partial charge in [-0.05, 0) is 75.2 Å². The van der Waals surface area contributed by atoms with Crippen LogP contribution in [0.3, 0.4) is 0 Å². The summed E-state index contributed by atoms with van der Waals surface area (Å²) in [6.07, 6.45) is 10.4. The van der Waals surface area contributed by atoms with E-state index < -0.39 is 0 Å². The quantitative estimate of drug-likeness (QED) is 0.244. The van der Waals surface area contributed by atoms with E-state index in [1.54, 1.807) is 0 Å². The number of unbranched alkanes of at least 4 members (excludes halogenated alkanes) is 2. The van der Waals surface area contributed by atoms with E-state index in [4.69, 9.17) is 9.72 Å². The number of hydrogen-bond acceptors (Lipinski definition) is 3. The average Bonchev–Trinajstić information content (AvgIpc) is 3.16. The first kappa shape index (κ1) is 30.5. The number of hydrogen-bond donors (Lipinski definition) is 0. The van der Waals surface area contributed by atoms with E-state index >= 15 is 0 Å². The van der Waals surface area contributed by atoms with Crippen molar-refractivity contribution in [2.75, 3.05) is 26.2 Å². The minimum absolute atomic E-state index is 0. The van der Waals surface area contributed by atoms with Crippen LogP contribution in [0.5, 0.6) is 5.75 Å². The molecule has 3 rings (SSSR count). The maximum atomic E-state index is 5.98. The Balaban J connectivity index is 0.00000320. The Morgan fingerprint density at radius 2 is 1.44 bits per heavy atom. The van der Waals surface area contributed by atoms with Crippen LogP contribution in [0, 0.1) is 6.92 Å². The summed E-state index contributed by atoms with van der Waals surface area (Å²) in [6.45, 7) is 10.9. The van der Waals surface area contributed by atoms with Crippen LogP contribution in [-0.2, 0) is 0 Å². The Hall–Kier alpha value is -1.46. The molecular weight excluding hydrogens is 465 g/mol. The molecule has 0 saturated carbocycles. The van der Waals surface area contributed by atoms with E-state index in [2.05, 4.69) is 78.9 Å². The van der Waals surface area contributed by atoms with Gasteiger partial charge in [0.25, 0.3) is 0 Å². The maximum Gasteiger partial charge on any atom is 0.137 e. The van der Waals surface area contributed by atoms with Gasteiger partial charge in [-0.1, -0.05) is 32.8 Å². The number of pyridine rings is 1. The molecule has 0 saturated heterocycles. The number of nitrogens with zero attached hydrogens (tertiary/aromatic N) is 3. The van der Waals surface area contributed by atoms with E-state index in [1.807, 2.05) is 0 Å². The molecule has 7 heteroatoms. The summed E-state index contributed by atoms with van der Waals surface area (Å²) in [5.74, 6) is 0.932. The monoisotopic (exact) mass is 501 g/mol. The molecule has 0 aliphatic carbocycles. The second-order valence-electron chi connectivity index (χ2n) is 7.87. The Morgan fingerprint density at radius 1 is 0.812 bits per heavy atom. The van der Waals surface area contributed by atoms with Crippen LogP contribution in [0.1, 0.15) is 51.5 Å². The van der Waals surface area contributed by atoms with Gasteiger partial charge in [0.05, 0.1) is 12.3 Å². The van der Waals surface area contributed by atoms with Crippen molar-refractivity contribution in [1.82, 2.24) is 14.3 Å². The second-order valence-corrected chi connectivity index (χ2v) is 7.87. The molecule has 0 aliphatic rings. The highest BCUT2D eigenvalue weighted by Crippen LogP contribution is 2.22. The highest BCUT2D eigenvalue weighted by Gasteiger charge is 2.06. The first-order valence-electron chi connectivity index (χ1n) is 11.1. The van der Waals surface area contributed by atoms with E-state index in [0.717, 1.165) is 42.2 Å². The van der Waals surface area contributed by atoms with Crippen LogP contribution in [0.4, 0.5) is 0 Å². The predicted octanol–water partition coefficient (Wildman–Crippen LogP) is 7.25. The van der Waals surface area contributed by atoms with E-state index in [1.165, 1.54) is 44.3 Å². The lowest BCUT2D eigenvalue weighted by molar-refractivity contribution is 0.229. The van der Waals surface area contributed by atoms with Crippen LogP contribution < -0.4 is 4.74 Å². The fourth-order valence-corrected chi connectivity index (χ4v) is 3.54. The van der Waals surface area contributed by atoms with Gasteiger partial charge in [-0.2, -0.15) is 0 Å². The summed E-state index contributed by atoms with van der Waals surface area (Å²) in [5.41, 5.74) is 4.31. The number of ether oxygens (including phenoxy) is 1. The molecule has 2 aromatic heterocycles. The van der Waals surface area contributed by atoms with Gasteiger partial charge in [-0.25, -0.2) is 4.98 Å². The fraction of sp³-hybridized carbons (Fsp3) is 0.480. The summed E-state index contributed by atoms with van der Waals surface area (Å²) < 4.78 is 8.06. The van der Waals surface area contributed by atoms with Crippen LogP contribution >= 0.6 is 37.2 Å². The highest BCUT2D eigenvalue weighted by atomic mass is 35.5. The zero-order valence-electron chi connectivity index (χ0n) is 19.5. The topological polar surface area (TPSA) is 29.8 Å². The molecule has 0 aliphatic heterocycles. The zero-order chi connectivity index (χ0) is 20.5. The summed E-state index contributed by atoms with van der Waals surface area (Å²) >= 11 is 0. The number of fused-ring (bicyclic) bond motifs is 1. The summed E-state index contributed by atoms with van der Waals surface area (Å²) in [5, 5.41) is 0. The summed E-state index contributed by atoms with van der Waals surface area (Å²) in [6, 6.07) is 12.4. The lowest BCUT2D eigenvalue weighted by atomic mass is 10.1. The van der Waals surface area contributed by atoms with Gasteiger partial charge >= 0.3 is 0 Å². The number of imidazole rings is 1. The molecule has 0 spiro atoms. The van der Waals surface area contributed by atoms with Crippen LogP contribution in [0.25, 0.3) is 16.9 Å². The van der Waals surface area contributed by atoms with Gasteiger partial charge in [0, 0.05) is 24.5 Å². The third kappa shape index (κ3) is 9.19. The largest absolute Gasteiger partial charge is 0.494 e. The smallest absolute Gasteiger partial charge is 0.137 e. The first-order valence-corrected chi connectivity index (χ1v) is 11.1. The van der Waals surface area contributed by atoms with Crippen molar-refractivity contribution in [3.63, 3.8) is 0 Å². The van der Waals surface area contributed by atoms with Gasteiger partial charge in [-0.15, -0.1) is 37.2 Å². The van der Waals surface area contributed by atoms with Crippen molar-refractivity contribution in [2.24, 2.45) is 0 Å². The Morgan fingerprint density at radius 3 is 2.06 bits per heavy atom. The number of benzene rings is 1. The number of halogens is 3. The highest BCUT2D eigenvalue weighted by molar-refractivity contribution is 5.86. The van der Waals surface area contributed by atoms with Crippen molar-refractivity contribution in [2.45, 2.75) is 52.9 Å². The normalized spacial score (nSPS) is 10.4. The number of aryl methyl sites for hydroxylation is 1. The van der Waals surface area contributed by atoms with Crippen molar-refractivity contribution in [3.05, 3.63) is 54.4 Å². The maximum absolute atomic E-state index is 5.98. The van der Waals surface area contributed by atoms with Crippen LogP contribution in [-0.4, -0.2) is 40.5 Å². The molecule has 180 valence electrons. The zero-order valence-corrected chi connectivity index (χ0v) is 21.9. The lowest BCUT2D eigenvalue weighted by Gasteiger charge is -2.21. The van der Waals surface area contributed by atoms with Gasteiger partial charge in [0.2, 0.25) is 0 Å². The molecule has 4 nitrogen and oxygen atoms in total. The Bertz CT molecular complexity index is 876. The third-order valence-electron chi connectivity index (χ3n) is 5.29. The Kier molecular flexibility index (Phi) is 15.5. The van der Waals surface area contributed by atoms with Gasteiger partial charge in [-0.3, -0.25) is 0 Å². The van der Waals surface area contributed by atoms with E-state index in [0.29, 0.717) is 0 Å². The van der Waals surface area contributed by atoms with Crippen LogP contribution in [0.2, 0.25) is 0 Å². The molecule has 0 bridgehead atoms. The lowest BCUT2D eigenvalue weighted by Crippen LogP contribution is -2.28. The second kappa shape index (κ2) is 16.2. The van der Waals surface area contributed by atoms with E-state index in [-0.39, 0.29) is 37.2 Å². The van der Waals surface area contributed by atoms with Gasteiger partial charge in [0.1, 0.15) is 11.4 Å². The van der Waals surface area contributed by atoms with Gasteiger partial charge in [0.15, 0.2) is 0 Å². The molecule has 0 radical (unpaired) electrons. The molecule has 0 N–H and O–H groups in total. The molecule has 0 atom stereocenters. The Labute approximate surface area is 212 Å². The standard InChI is InChI=1S/C25H35N3O.3ClH/c1-4-6-15-27(16-7-5-2)17-8-18-29-23-12-10-22(11-13-23)24-20-28-19-21(3)9-14-25(28)26-24;;;/h9-14,19-20H,4-8,15-18H2,1-3H3;3*1H. The van der Waals surface area contributed by atoms with Gasteiger partial charge < -0.3 is 14.0 Å². The third-order valence-corrected chi connectivity index (χ3v) is 5.29. The fourth-order valence-electron chi connectivity index (χ4n) is 3.54. The number of aromatic nitrogens is 2. The van der Waals surface area contributed by atoms with Crippen molar-refractivity contribution >= 4 is 42.9 Å².